The van der Waals surface area contributed by atoms with Crippen molar-refractivity contribution in [2.24, 2.45) is 22.7 Å². The smallest absolute Gasteiger partial charge is 0.302 e. The predicted octanol–water partition coefficient (Wildman–Crippen LogP) is 2.18. The summed E-state index contributed by atoms with van der Waals surface area (Å²) in [7, 11) is 0. The van der Waals surface area contributed by atoms with Gasteiger partial charge in [0, 0.05) is 23.3 Å². The van der Waals surface area contributed by atoms with Crippen LogP contribution < -0.4 is 0 Å². The van der Waals surface area contributed by atoms with Gasteiger partial charge in [-0.15, -0.1) is 0 Å². The Morgan fingerprint density at radius 1 is 1.21 bits per heavy atom. The first kappa shape index (κ1) is 19.9. The molecule has 3 aliphatic carbocycles. The topological polar surface area (TPSA) is 100 Å². The van der Waals surface area contributed by atoms with Gasteiger partial charge in [0.1, 0.15) is 6.10 Å². The van der Waals surface area contributed by atoms with Crippen LogP contribution in [-0.2, 0) is 21.4 Å². The zero-order valence-corrected chi connectivity index (χ0v) is 17.0. The zero-order valence-electron chi connectivity index (χ0n) is 17.0. The predicted molar refractivity (Wildman–Crippen MR) is 101 cm³/mol. The summed E-state index contributed by atoms with van der Waals surface area (Å²) in [6.07, 6.45) is 5.93. The Bertz CT molecular complexity index is 758. The first-order chi connectivity index (χ1) is 13.2. The number of furan rings is 1. The standard InChI is InChI=1S/C22H32O6/c1-13(25)28-16-8-20(2)17(21(3,11-23)19(16)26)6-7-22(12-24)15-10-27-9-14(15)4-5-18(20)22/h9-10,16-19,23-24,26H,4-8,11-12H2,1-3H3. The van der Waals surface area contributed by atoms with E-state index in [4.69, 9.17) is 9.15 Å². The van der Waals surface area contributed by atoms with E-state index in [-0.39, 0.29) is 35.9 Å². The van der Waals surface area contributed by atoms with Crippen molar-refractivity contribution in [2.45, 2.75) is 70.5 Å². The lowest BCUT2D eigenvalue weighted by atomic mass is 9.39. The Hall–Kier alpha value is -1.37. The van der Waals surface area contributed by atoms with Gasteiger partial charge in [0.25, 0.3) is 0 Å². The molecule has 3 N–H and O–H groups in total. The summed E-state index contributed by atoms with van der Waals surface area (Å²) in [5.41, 5.74) is 0.847. The average Bonchev–Trinajstić information content (AvgIpc) is 3.15. The van der Waals surface area contributed by atoms with E-state index in [1.54, 1.807) is 12.5 Å². The van der Waals surface area contributed by atoms with Crippen molar-refractivity contribution in [1.82, 2.24) is 0 Å². The zero-order chi connectivity index (χ0) is 20.3. The summed E-state index contributed by atoms with van der Waals surface area (Å²) in [4.78, 5) is 11.7. The van der Waals surface area contributed by atoms with Crippen LogP contribution in [-0.4, -0.2) is 46.7 Å². The molecule has 7 atom stereocenters. The molecule has 6 nitrogen and oxygen atoms in total. The average molecular weight is 392 g/mol. The molecule has 1 aromatic heterocycles. The number of rotatable bonds is 3. The number of carbonyl (C=O) groups excluding carboxylic acids is 1. The van der Waals surface area contributed by atoms with Crippen molar-refractivity contribution in [3.8, 4) is 0 Å². The van der Waals surface area contributed by atoms with Gasteiger partial charge < -0.3 is 24.5 Å². The summed E-state index contributed by atoms with van der Waals surface area (Å²) >= 11 is 0. The quantitative estimate of drug-likeness (QED) is 0.682. The van der Waals surface area contributed by atoms with Crippen LogP contribution in [0.3, 0.4) is 0 Å². The van der Waals surface area contributed by atoms with E-state index in [2.05, 4.69) is 6.92 Å². The fourth-order valence-electron chi connectivity index (χ4n) is 7.30. The number of hydrogen-bond donors (Lipinski definition) is 3. The van der Waals surface area contributed by atoms with E-state index in [0.717, 1.165) is 31.2 Å². The molecule has 0 aliphatic heterocycles. The van der Waals surface area contributed by atoms with Gasteiger partial charge in [-0.3, -0.25) is 4.79 Å². The molecule has 2 saturated carbocycles. The van der Waals surface area contributed by atoms with Gasteiger partial charge in [0.2, 0.25) is 0 Å². The highest BCUT2D eigenvalue weighted by atomic mass is 16.6. The van der Waals surface area contributed by atoms with Crippen molar-refractivity contribution in [3.63, 3.8) is 0 Å². The number of aliphatic hydroxyl groups excluding tert-OH is 3. The highest BCUT2D eigenvalue weighted by molar-refractivity contribution is 5.66. The molecule has 0 bridgehead atoms. The van der Waals surface area contributed by atoms with Crippen LogP contribution in [0.25, 0.3) is 0 Å². The number of ether oxygens (including phenoxy) is 1. The molecule has 4 rings (SSSR count). The van der Waals surface area contributed by atoms with E-state index in [9.17, 15) is 20.1 Å². The molecule has 1 aromatic rings. The molecule has 1 heterocycles. The molecule has 7 unspecified atom stereocenters. The lowest BCUT2D eigenvalue weighted by Crippen LogP contribution is -2.67. The van der Waals surface area contributed by atoms with E-state index in [1.807, 2.05) is 6.92 Å². The molecule has 0 aromatic carbocycles. The number of aryl methyl sites for hydroxylation is 1. The Morgan fingerprint density at radius 3 is 2.61 bits per heavy atom. The summed E-state index contributed by atoms with van der Waals surface area (Å²) < 4.78 is 11.0. The molecule has 28 heavy (non-hydrogen) atoms. The molecule has 0 radical (unpaired) electrons. The summed E-state index contributed by atoms with van der Waals surface area (Å²) in [5, 5.41) is 31.9. The lowest BCUT2D eigenvalue weighted by molar-refractivity contribution is -0.231. The van der Waals surface area contributed by atoms with Crippen molar-refractivity contribution < 1.29 is 29.3 Å². The number of fused-ring (bicyclic) bond motifs is 5. The third-order valence-corrected chi connectivity index (χ3v) is 8.52. The molecule has 0 spiro atoms. The Balaban J connectivity index is 1.81. The maximum Gasteiger partial charge on any atom is 0.302 e. The minimum atomic E-state index is -0.908. The summed E-state index contributed by atoms with van der Waals surface area (Å²) in [6.45, 7) is 5.35. The third-order valence-electron chi connectivity index (χ3n) is 8.52. The third kappa shape index (κ3) is 2.47. The van der Waals surface area contributed by atoms with Gasteiger partial charge in [-0.25, -0.2) is 0 Å². The second kappa shape index (κ2) is 6.57. The van der Waals surface area contributed by atoms with Crippen LogP contribution in [0.15, 0.2) is 16.9 Å². The molecular formula is C22H32O6. The SMILES string of the molecule is CC(=O)OC1CC2(C)C3CCc4cocc4C3(CO)CCC2C(C)(CO)C1O. The molecule has 0 saturated heterocycles. The Labute approximate surface area is 165 Å². The van der Waals surface area contributed by atoms with Crippen molar-refractivity contribution >= 4 is 5.97 Å². The van der Waals surface area contributed by atoms with Gasteiger partial charge in [-0.2, -0.15) is 0 Å². The summed E-state index contributed by atoms with van der Waals surface area (Å²) in [5.74, 6) is -0.188. The summed E-state index contributed by atoms with van der Waals surface area (Å²) in [6, 6.07) is 0. The minimum Gasteiger partial charge on any atom is -0.472 e. The van der Waals surface area contributed by atoms with Crippen LogP contribution in [0.5, 0.6) is 0 Å². The normalized spacial score (nSPS) is 44.9. The van der Waals surface area contributed by atoms with Crippen LogP contribution in [0, 0.1) is 22.7 Å². The number of hydrogen-bond acceptors (Lipinski definition) is 6. The second-order valence-corrected chi connectivity index (χ2v) is 9.77. The molecular weight excluding hydrogens is 360 g/mol. The van der Waals surface area contributed by atoms with Gasteiger partial charge in [-0.1, -0.05) is 13.8 Å². The van der Waals surface area contributed by atoms with Gasteiger partial charge in [-0.05, 0) is 54.9 Å². The maximum absolute atomic E-state index is 11.7. The van der Waals surface area contributed by atoms with Gasteiger partial charge in [0.05, 0.1) is 31.8 Å². The fourth-order valence-corrected chi connectivity index (χ4v) is 7.30. The molecule has 2 fully saturated rings. The second-order valence-electron chi connectivity index (χ2n) is 9.77. The highest BCUT2D eigenvalue weighted by Gasteiger charge is 2.66. The van der Waals surface area contributed by atoms with E-state index in [1.165, 1.54) is 12.5 Å². The molecule has 0 amide bonds. The molecule has 156 valence electrons. The Morgan fingerprint density at radius 2 is 1.96 bits per heavy atom. The lowest BCUT2D eigenvalue weighted by Gasteiger charge is -2.66. The van der Waals surface area contributed by atoms with Crippen LogP contribution in [0.1, 0.15) is 57.6 Å². The van der Waals surface area contributed by atoms with Crippen LogP contribution >= 0.6 is 0 Å². The maximum atomic E-state index is 11.7. The van der Waals surface area contributed by atoms with Gasteiger partial charge >= 0.3 is 5.97 Å². The Kier molecular flexibility index (Phi) is 4.68. The van der Waals surface area contributed by atoms with E-state index >= 15 is 0 Å². The fraction of sp³-hybridized carbons (Fsp3) is 0.773. The van der Waals surface area contributed by atoms with Crippen molar-refractivity contribution in [2.75, 3.05) is 13.2 Å². The van der Waals surface area contributed by atoms with E-state index in [0.29, 0.717) is 6.42 Å². The van der Waals surface area contributed by atoms with Crippen molar-refractivity contribution in [3.05, 3.63) is 23.7 Å². The first-order valence-electron chi connectivity index (χ1n) is 10.4. The first-order valence-corrected chi connectivity index (χ1v) is 10.4. The number of carbonyl (C=O) groups is 1. The highest BCUT2D eigenvalue weighted by Crippen LogP contribution is 2.67. The van der Waals surface area contributed by atoms with Crippen molar-refractivity contribution in [1.29, 1.82) is 0 Å². The van der Waals surface area contributed by atoms with Crippen LogP contribution in [0.4, 0.5) is 0 Å². The van der Waals surface area contributed by atoms with Gasteiger partial charge in [0.15, 0.2) is 0 Å². The minimum absolute atomic E-state index is 0.0448. The number of esters is 1. The molecule has 3 aliphatic rings. The largest absolute Gasteiger partial charge is 0.472 e. The van der Waals surface area contributed by atoms with E-state index < -0.39 is 23.6 Å². The van der Waals surface area contributed by atoms with Crippen LogP contribution in [0.2, 0.25) is 0 Å². The monoisotopic (exact) mass is 392 g/mol. The number of aliphatic hydroxyl groups is 3. The molecule has 6 heteroatoms.